The minimum atomic E-state index is -3.24. The molecule has 1 fully saturated rings. The SMILES string of the molecule is Cc1cc(C(O)C2CCCCS2(=O)=O)ccc1F. The Morgan fingerprint density at radius 2 is 2.11 bits per heavy atom. The fourth-order valence-electron chi connectivity index (χ4n) is 2.40. The molecule has 2 rings (SSSR count). The molecule has 1 heterocycles. The predicted octanol–water partition coefficient (Wildman–Crippen LogP) is 2.13. The summed E-state index contributed by atoms with van der Waals surface area (Å²) >= 11 is 0. The van der Waals surface area contributed by atoms with E-state index in [4.69, 9.17) is 0 Å². The lowest BCUT2D eigenvalue weighted by Gasteiger charge is -2.27. The van der Waals surface area contributed by atoms with Gasteiger partial charge in [0.1, 0.15) is 5.82 Å². The summed E-state index contributed by atoms with van der Waals surface area (Å²) in [6.07, 6.45) is 0.879. The van der Waals surface area contributed by atoms with E-state index < -0.39 is 21.2 Å². The number of benzene rings is 1. The molecule has 100 valence electrons. The zero-order valence-corrected chi connectivity index (χ0v) is 11.1. The zero-order valence-electron chi connectivity index (χ0n) is 10.3. The van der Waals surface area contributed by atoms with E-state index in [1.165, 1.54) is 18.2 Å². The Hall–Kier alpha value is -0.940. The third-order valence-corrected chi connectivity index (χ3v) is 5.78. The number of aliphatic hydroxyl groups is 1. The Bertz CT molecular complexity index is 539. The van der Waals surface area contributed by atoms with Gasteiger partial charge in [-0.3, -0.25) is 0 Å². The number of aryl methyl sites for hydroxylation is 1. The monoisotopic (exact) mass is 272 g/mol. The summed E-state index contributed by atoms with van der Waals surface area (Å²) in [7, 11) is -3.24. The lowest BCUT2D eigenvalue weighted by atomic mass is 10.0. The molecule has 1 aliphatic heterocycles. The van der Waals surface area contributed by atoms with Crippen molar-refractivity contribution in [3.63, 3.8) is 0 Å². The largest absolute Gasteiger partial charge is 0.387 e. The van der Waals surface area contributed by atoms with Crippen LogP contribution >= 0.6 is 0 Å². The van der Waals surface area contributed by atoms with Crippen LogP contribution in [0.25, 0.3) is 0 Å². The number of sulfone groups is 1. The van der Waals surface area contributed by atoms with Crippen LogP contribution in [0.3, 0.4) is 0 Å². The molecule has 1 aromatic carbocycles. The molecule has 5 heteroatoms. The second-order valence-corrected chi connectivity index (χ2v) is 7.19. The van der Waals surface area contributed by atoms with E-state index in [2.05, 4.69) is 0 Å². The molecule has 2 atom stereocenters. The Labute approximate surface area is 107 Å². The van der Waals surface area contributed by atoms with E-state index in [1.54, 1.807) is 6.92 Å². The molecule has 0 saturated carbocycles. The van der Waals surface area contributed by atoms with Crippen LogP contribution in [0, 0.1) is 12.7 Å². The molecule has 1 N–H and O–H groups in total. The van der Waals surface area contributed by atoms with Crippen molar-refractivity contribution in [3.05, 3.63) is 35.1 Å². The molecule has 18 heavy (non-hydrogen) atoms. The Balaban J connectivity index is 2.30. The quantitative estimate of drug-likeness (QED) is 0.897. The second-order valence-electron chi connectivity index (χ2n) is 4.85. The van der Waals surface area contributed by atoms with Crippen LogP contribution in [0.5, 0.6) is 0 Å². The van der Waals surface area contributed by atoms with Crippen molar-refractivity contribution < 1.29 is 17.9 Å². The molecule has 1 aromatic rings. The van der Waals surface area contributed by atoms with E-state index in [0.29, 0.717) is 24.0 Å². The van der Waals surface area contributed by atoms with Crippen molar-refractivity contribution in [2.75, 3.05) is 5.75 Å². The molecule has 3 nitrogen and oxygen atoms in total. The van der Waals surface area contributed by atoms with Crippen molar-refractivity contribution >= 4 is 9.84 Å². The van der Waals surface area contributed by atoms with Crippen molar-refractivity contribution in [2.24, 2.45) is 0 Å². The molecular weight excluding hydrogens is 255 g/mol. The van der Waals surface area contributed by atoms with Gasteiger partial charge in [0.15, 0.2) is 9.84 Å². The van der Waals surface area contributed by atoms with Gasteiger partial charge in [0.05, 0.1) is 17.1 Å². The third-order valence-electron chi connectivity index (χ3n) is 3.50. The van der Waals surface area contributed by atoms with Gasteiger partial charge in [-0.1, -0.05) is 18.6 Å². The molecule has 0 spiro atoms. The Morgan fingerprint density at radius 1 is 1.39 bits per heavy atom. The molecule has 2 unspecified atom stereocenters. The maximum absolute atomic E-state index is 13.2. The first-order chi connectivity index (χ1) is 8.42. The van der Waals surface area contributed by atoms with Crippen LogP contribution in [-0.2, 0) is 9.84 Å². The van der Waals surface area contributed by atoms with Gasteiger partial charge in [-0.25, -0.2) is 12.8 Å². The number of hydrogen-bond donors (Lipinski definition) is 1. The van der Waals surface area contributed by atoms with Gasteiger partial charge in [0.25, 0.3) is 0 Å². The molecule has 0 amide bonds. The summed E-state index contributed by atoms with van der Waals surface area (Å²) in [5.74, 6) is -0.216. The lowest BCUT2D eigenvalue weighted by Crippen LogP contribution is -2.33. The average Bonchev–Trinajstić information content (AvgIpc) is 2.31. The van der Waals surface area contributed by atoms with E-state index in [-0.39, 0.29) is 11.6 Å². The molecule has 1 saturated heterocycles. The number of hydrogen-bond acceptors (Lipinski definition) is 3. The normalized spacial score (nSPS) is 24.7. The molecular formula is C13H17FO3S. The highest BCUT2D eigenvalue weighted by molar-refractivity contribution is 7.92. The highest BCUT2D eigenvalue weighted by Crippen LogP contribution is 2.31. The Kier molecular flexibility index (Phi) is 3.73. The molecule has 0 aliphatic carbocycles. The zero-order chi connectivity index (χ0) is 13.3. The third kappa shape index (κ3) is 2.57. The maximum atomic E-state index is 13.2. The minimum Gasteiger partial charge on any atom is -0.387 e. The van der Waals surface area contributed by atoms with Crippen molar-refractivity contribution in [2.45, 2.75) is 37.5 Å². The fraction of sp³-hybridized carbons (Fsp3) is 0.538. The minimum absolute atomic E-state index is 0.134. The van der Waals surface area contributed by atoms with E-state index in [9.17, 15) is 17.9 Å². The van der Waals surface area contributed by atoms with Gasteiger partial charge in [-0.05, 0) is 37.0 Å². The first kappa shape index (κ1) is 13.5. The van der Waals surface area contributed by atoms with Gasteiger partial charge in [-0.2, -0.15) is 0 Å². The van der Waals surface area contributed by atoms with Crippen LogP contribution in [0.1, 0.15) is 36.5 Å². The van der Waals surface area contributed by atoms with Crippen LogP contribution in [0.2, 0.25) is 0 Å². The number of rotatable bonds is 2. The fourth-order valence-corrected chi connectivity index (χ4v) is 4.39. The highest BCUT2D eigenvalue weighted by atomic mass is 32.2. The summed E-state index contributed by atoms with van der Waals surface area (Å²) in [5.41, 5.74) is 0.893. The standard InChI is InChI=1S/C13H17FO3S/c1-9-8-10(5-6-11(9)14)13(15)12-4-2-3-7-18(12,16)17/h5-6,8,12-13,15H,2-4,7H2,1H3. The van der Waals surface area contributed by atoms with E-state index >= 15 is 0 Å². The maximum Gasteiger partial charge on any atom is 0.156 e. The van der Waals surface area contributed by atoms with Crippen molar-refractivity contribution in [1.82, 2.24) is 0 Å². The van der Waals surface area contributed by atoms with Gasteiger partial charge in [0.2, 0.25) is 0 Å². The summed E-state index contributed by atoms with van der Waals surface area (Å²) < 4.78 is 37.0. The van der Waals surface area contributed by atoms with Crippen molar-refractivity contribution in [3.8, 4) is 0 Å². The summed E-state index contributed by atoms with van der Waals surface area (Å²) in [4.78, 5) is 0. The first-order valence-corrected chi connectivity index (χ1v) is 7.79. The van der Waals surface area contributed by atoms with Crippen LogP contribution in [0.4, 0.5) is 4.39 Å². The van der Waals surface area contributed by atoms with Crippen LogP contribution in [0.15, 0.2) is 18.2 Å². The van der Waals surface area contributed by atoms with Gasteiger partial charge < -0.3 is 5.11 Å². The average molecular weight is 272 g/mol. The van der Waals surface area contributed by atoms with Gasteiger partial charge in [0, 0.05) is 0 Å². The van der Waals surface area contributed by atoms with Crippen LogP contribution < -0.4 is 0 Å². The van der Waals surface area contributed by atoms with E-state index in [1.807, 2.05) is 0 Å². The highest BCUT2D eigenvalue weighted by Gasteiger charge is 2.35. The van der Waals surface area contributed by atoms with E-state index in [0.717, 1.165) is 6.42 Å². The number of aliphatic hydroxyl groups excluding tert-OH is 1. The molecule has 0 bridgehead atoms. The Morgan fingerprint density at radius 3 is 2.72 bits per heavy atom. The molecule has 1 aliphatic rings. The summed E-state index contributed by atoms with van der Waals surface area (Å²) in [6, 6.07) is 4.24. The second kappa shape index (κ2) is 4.97. The van der Waals surface area contributed by atoms with Gasteiger partial charge >= 0.3 is 0 Å². The van der Waals surface area contributed by atoms with Crippen molar-refractivity contribution in [1.29, 1.82) is 0 Å². The summed E-state index contributed by atoms with van der Waals surface area (Å²) in [5, 5.41) is 9.44. The summed E-state index contributed by atoms with van der Waals surface area (Å²) in [6.45, 7) is 1.60. The predicted molar refractivity (Wildman–Crippen MR) is 67.5 cm³/mol. The molecule has 0 aromatic heterocycles. The first-order valence-electron chi connectivity index (χ1n) is 6.07. The smallest absolute Gasteiger partial charge is 0.156 e. The number of halogens is 1. The van der Waals surface area contributed by atoms with Crippen LogP contribution in [-0.4, -0.2) is 24.5 Å². The van der Waals surface area contributed by atoms with Gasteiger partial charge in [-0.15, -0.1) is 0 Å². The lowest BCUT2D eigenvalue weighted by molar-refractivity contribution is 0.164. The topological polar surface area (TPSA) is 54.4 Å². The molecule has 0 radical (unpaired) electrons.